The van der Waals surface area contributed by atoms with Crippen molar-refractivity contribution in [2.24, 2.45) is 0 Å². The van der Waals surface area contributed by atoms with Crippen LogP contribution < -0.4 is 4.74 Å². The maximum absolute atomic E-state index is 11.5. The normalized spacial score (nSPS) is 10.4. The number of nitrogens with zero attached hydrogens (tertiary/aromatic N) is 2. The van der Waals surface area contributed by atoms with Crippen molar-refractivity contribution in [3.63, 3.8) is 0 Å². The number of rotatable bonds is 4. The molecule has 0 bridgehead atoms. The number of carboxylic acids is 1. The van der Waals surface area contributed by atoms with Crippen molar-refractivity contribution in [1.82, 2.24) is 9.78 Å². The molecular formula is C17H14N2O3. The number of benzene rings is 2. The smallest absolute Gasteiger partial charge is 0.357 e. The molecule has 22 heavy (non-hydrogen) atoms. The van der Waals surface area contributed by atoms with Crippen molar-refractivity contribution in [3.05, 3.63) is 66.5 Å². The maximum atomic E-state index is 11.5. The predicted octanol–water partition coefficient (Wildman–Crippen LogP) is 3.25. The van der Waals surface area contributed by atoms with Crippen molar-refractivity contribution < 1.29 is 14.6 Å². The van der Waals surface area contributed by atoms with E-state index in [-0.39, 0.29) is 5.69 Å². The molecule has 0 unspecified atom stereocenters. The van der Waals surface area contributed by atoms with Crippen LogP contribution in [0.25, 0.3) is 16.8 Å². The molecule has 0 spiro atoms. The van der Waals surface area contributed by atoms with E-state index >= 15 is 0 Å². The summed E-state index contributed by atoms with van der Waals surface area (Å²) in [6, 6.07) is 16.6. The van der Waals surface area contributed by atoms with Gasteiger partial charge in [0.1, 0.15) is 5.75 Å². The van der Waals surface area contributed by atoms with Crippen LogP contribution in [0.15, 0.2) is 60.8 Å². The van der Waals surface area contributed by atoms with E-state index in [2.05, 4.69) is 5.10 Å². The largest absolute Gasteiger partial charge is 0.497 e. The van der Waals surface area contributed by atoms with Crippen LogP contribution >= 0.6 is 0 Å². The summed E-state index contributed by atoms with van der Waals surface area (Å²) < 4.78 is 6.69. The molecule has 0 aliphatic heterocycles. The van der Waals surface area contributed by atoms with Gasteiger partial charge in [-0.05, 0) is 29.8 Å². The Labute approximate surface area is 127 Å². The summed E-state index contributed by atoms with van der Waals surface area (Å²) in [6.45, 7) is 0. The van der Waals surface area contributed by atoms with E-state index in [4.69, 9.17) is 4.74 Å². The number of carboxylic acid groups (broad SMARTS) is 1. The second-order valence-corrected chi connectivity index (χ2v) is 4.71. The number of methoxy groups -OCH3 is 1. The zero-order chi connectivity index (χ0) is 15.5. The van der Waals surface area contributed by atoms with E-state index in [1.807, 2.05) is 42.5 Å². The zero-order valence-electron chi connectivity index (χ0n) is 11.9. The quantitative estimate of drug-likeness (QED) is 0.802. The summed E-state index contributed by atoms with van der Waals surface area (Å²) in [5, 5.41) is 13.6. The lowest BCUT2D eigenvalue weighted by Crippen LogP contribution is -2.01. The Morgan fingerprint density at radius 1 is 1.09 bits per heavy atom. The fourth-order valence-electron chi connectivity index (χ4n) is 2.23. The molecule has 0 saturated heterocycles. The molecule has 1 N–H and O–H groups in total. The number of aromatic nitrogens is 2. The van der Waals surface area contributed by atoms with Gasteiger partial charge in [-0.3, -0.25) is 0 Å². The first-order valence-corrected chi connectivity index (χ1v) is 6.72. The van der Waals surface area contributed by atoms with E-state index in [1.165, 1.54) is 0 Å². The molecule has 1 heterocycles. The fourth-order valence-corrected chi connectivity index (χ4v) is 2.23. The van der Waals surface area contributed by atoms with E-state index < -0.39 is 5.97 Å². The monoisotopic (exact) mass is 294 g/mol. The fraction of sp³-hybridized carbons (Fsp3) is 0.0588. The third kappa shape index (κ3) is 2.56. The highest BCUT2D eigenvalue weighted by Crippen LogP contribution is 2.26. The van der Waals surface area contributed by atoms with Crippen LogP contribution in [0.1, 0.15) is 10.5 Å². The maximum Gasteiger partial charge on any atom is 0.357 e. The lowest BCUT2D eigenvalue weighted by atomic mass is 10.1. The minimum atomic E-state index is -1.06. The van der Waals surface area contributed by atoms with Gasteiger partial charge in [-0.25, -0.2) is 9.48 Å². The van der Waals surface area contributed by atoms with Gasteiger partial charge in [0.15, 0.2) is 5.69 Å². The van der Waals surface area contributed by atoms with Crippen molar-refractivity contribution in [1.29, 1.82) is 0 Å². The Hall–Kier alpha value is -3.08. The summed E-state index contributed by atoms with van der Waals surface area (Å²) in [5.74, 6) is -0.337. The van der Waals surface area contributed by atoms with Gasteiger partial charge < -0.3 is 9.84 Å². The SMILES string of the molecule is COc1ccc(-c2cn(-c3ccccc3)nc2C(=O)O)cc1. The first-order chi connectivity index (χ1) is 10.7. The van der Waals surface area contributed by atoms with E-state index in [0.717, 1.165) is 17.0 Å². The minimum absolute atomic E-state index is 0.0222. The van der Waals surface area contributed by atoms with Crippen molar-refractivity contribution in [2.45, 2.75) is 0 Å². The van der Waals surface area contributed by atoms with Crippen LogP contribution in [-0.2, 0) is 0 Å². The first-order valence-electron chi connectivity index (χ1n) is 6.72. The molecule has 3 aromatic rings. The molecule has 0 fully saturated rings. The Kier molecular flexibility index (Phi) is 3.62. The highest BCUT2D eigenvalue weighted by Gasteiger charge is 2.17. The van der Waals surface area contributed by atoms with Gasteiger partial charge in [0, 0.05) is 11.8 Å². The van der Waals surface area contributed by atoms with Crippen LogP contribution in [-0.4, -0.2) is 28.0 Å². The summed E-state index contributed by atoms with van der Waals surface area (Å²) in [4.78, 5) is 11.5. The van der Waals surface area contributed by atoms with Gasteiger partial charge in [0.25, 0.3) is 0 Å². The second-order valence-electron chi connectivity index (χ2n) is 4.71. The van der Waals surface area contributed by atoms with E-state index in [0.29, 0.717) is 5.56 Å². The van der Waals surface area contributed by atoms with Crippen LogP contribution in [0.4, 0.5) is 0 Å². The molecule has 0 amide bonds. The lowest BCUT2D eigenvalue weighted by Gasteiger charge is -2.02. The van der Waals surface area contributed by atoms with Gasteiger partial charge in [-0.15, -0.1) is 0 Å². The molecule has 5 heteroatoms. The second kappa shape index (κ2) is 5.73. The molecular weight excluding hydrogens is 280 g/mol. The molecule has 0 radical (unpaired) electrons. The number of para-hydroxylation sites is 1. The van der Waals surface area contributed by atoms with Crippen LogP contribution in [0.3, 0.4) is 0 Å². The average molecular weight is 294 g/mol. The van der Waals surface area contributed by atoms with E-state index in [9.17, 15) is 9.90 Å². The van der Waals surface area contributed by atoms with Gasteiger partial charge in [-0.1, -0.05) is 30.3 Å². The molecule has 2 aromatic carbocycles. The molecule has 1 aromatic heterocycles. The molecule has 110 valence electrons. The van der Waals surface area contributed by atoms with Crippen LogP contribution in [0.2, 0.25) is 0 Å². The lowest BCUT2D eigenvalue weighted by molar-refractivity contribution is 0.0691. The molecule has 0 atom stereocenters. The highest BCUT2D eigenvalue weighted by atomic mass is 16.5. The highest BCUT2D eigenvalue weighted by molar-refractivity contribution is 5.94. The van der Waals surface area contributed by atoms with Gasteiger partial charge >= 0.3 is 5.97 Å². The van der Waals surface area contributed by atoms with Gasteiger partial charge in [0.2, 0.25) is 0 Å². The molecule has 5 nitrogen and oxygen atoms in total. The zero-order valence-corrected chi connectivity index (χ0v) is 11.9. The summed E-state index contributed by atoms with van der Waals surface area (Å²) >= 11 is 0. The standard InChI is InChI=1S/C17H14N2O3/c1-22-14-9-7-12(8-10-14)15-11-19(18-16(15)17(20)21)13-5-3-2-4-6-13/h2-11H,1H3,(H,20,21). The van der Waals surface area contributed by atoms with E-state index in [1.54, 1.807) is 30.1 Å². The Morgan fingerprint density at radius 2 is 1.77 bits per heavy atom. The summed E-state index contributed by atoms with van der Waals surface area (Å²) in [5.41, 5.74) is 2.18. The molecule has 0 aliphatic rings. The number of carbonyl (C=O) groups is 1. The topological polar surface area (TPSA) is 64.4 Å². The van der Waals surface area contributed by atoms with Crippen LogP contribution in [0.5, 0.6) is 5.75 Å². The molecule has 0 aliphatic carbocycles. The molecule has 0 saturated carbocycles. The third-order valence-corrected chi connectivity index (χ3v) is 3.34. The average Bonchev–Trinajstić information content (AvgIpc) is 3.01. The Balaban J connectivity index is 2.09. The van der Waals surface area contributed by atoms with Crippen molar-refractivity contribution in [2.75, 3.05) is 7.11 Å². The Bertz CT molecular complexity index is 793. The predicted molar refractivity (Wildman–Crippen MR) is 82.5 cm³/mol. The van der Waals surface area contributed by atoms with Crippen molar-refractivity contribution >= 4 is 5.97 Å². The van der Waals surface area contributed by atoms with Crippen LogP contribution in [0, 0.1) is 0 Å². The summed E-state index contributed by atoms with van der Waals surface area (Å²) in [6.07, 6.45) is 1.72. The molecule has 3 rings (SSSR count). The number of hydrogen-bond donors (Lipinski definition) is 1. The number of ether oxygens (including phenoxy) is 1. The van der Waals surface area contributed by atoms with Gasteiger partial charge in [0.05, 0.1) is 12.8 Å². The minimum Gasteiger partial charge on any atom is -0.497 e. The van der Waals surface area contributed by atoms with Gasteiger partial charge in [-0.2, -0.15) is 5.10 Å². The third-order valence-electron chi connectivity index (χ3n) is 3.34. The first kappa shape index (κ1) is 13.9. The number of aromatic carboxylic acids is 1. The van der Waals surface area contributed by atoms with Crippen molar-refractivity contribution in [3.8, 4) is 22.6 Å². The number of hydrogen-bond acceptors (Lipinski definition) is 3. The Morgan fingerprint density at radius 3 is 2.36 bits per heavy atom. The summed E-state index contributed by atoms with van der Waals surface area (Å²) in [7, 11) is 1.59.